The van der Waals surface area contributed by atoms with Crippen molar-refractivity contribution in [1.82, 2.24) is 0 Å². The van der Waals surface area contributed by atoms with Crippen LogP contribution in [0, 0.1) is 0 Å². The first-order valence-corrected chi connectivity index (χ1v) is 17.3. The Labute approximate surface area is 292 Å². The Kier molecular flexibility index (Phi) is 6.22. The van der Waals surface area contributed by atoms with Gasteiger partial charge >= 0.3 is 0 Å². The molecule has 0 atom stereocenters. The van der Waals surface area contributed by atoms with Crippen molar-refractivity contribution >= 4 is 55.7 Å². The lowest BCUT2D eigenvalue weighted by Gasteiger charge is -2.46. The van der Waals surface area contributed by atoms with Gasteiger partial charge in [-0.15, -0.1) is 0 Å². The highest BCUT2D eigenvalue weighted by Gasteiger charge is 2.43. The molecule has 8 aromatic carbocycles. The van der Waals surface area contributed by atoms with Crippen molar-refractivity contribution in [3.63, 3.8) is 0 Å². The molecule has 0 fully saturated rings. The summed E-state index contributed by atoms with van der Waals surface area (Å²) in [5.74, 6) is 1.70. The highest BCUT2D eigenvalue weighted by atomic mass is 16.5. The van der Waals surface area contributed by atoms with Crippen molar-refractivity contribution in [2.24, 2.45) is 0 Å². The van der Waals surface area contributed by atoms with E-state index in [2.05, 4.69) is 194 Å². The third kappa shape index (κ3) is 4.17. The van der Waals surface area contributed by atoms with Crippen molar-refractivity contribution in [3.8, 4) is 22.6 Å². The molecule has 0 aliphatic carbocycles. The Morgan fingerprint density at radius 2 is 1.14 bits per heavy atom. The highest BCUT2D eigenvalue weighted by molar-refractivity contribution is 6.08. The molecule has 0 N–H and O–H groups in total. The summed E-state index contributed by atoms with van der Waals surface area (Å²) in [5.41, 5.74) is 11.2. The number of rotatable bonds is 4. The molecule has 0 unspecified atom stereocenters. The van der Waals surface area contributed by atoms with Gasteiger partial charge in [-0.1, -0.05) is 147 Å². The highest BCUT2D eigenvalue weighted by Crippen LogP contribution is 2.64. The van der Waals surface area contributed by atoms with Gasteiger partial charge in [-0.2, -0.15) is 0 Å². The summed E-state index contributed by atoms with van der Waals surface area (Å²) < 4.78 is 7.22. The quantitative estimate of drug-likeness (QED) is 0.190. The zero-order chi connectivity index (χ0) is 33.4. The van der Waals surface area contributed by atoms with Crippen molar-refractivity contribution in [1.29, 1.82) is 0 Å². The molecule has 10 rings (SSSR count). The fraction of sp³-hybridized carbons (Fsp3) is 0.0638. The van der Waals surface area contributed by atoms with E-state index in [9.17, 15) is 0 Å². The molecule has 238 valence electrons. The summed E-state index contributed by atoms with van der Waals surface area (Å²) >= 11 is 0. The van der Waals surface area contributed by atoms with E-state index in [0.29, 0.717) is 0 Å². The number of fused-ring (bicyclic) bond motifs is 7. The standard InChI is InChI=1S/C47H34N2O/c1-47(2)38-20-10-11-21-41(38)49-44-37-19-9-7-16-34(37)25-30-43(44)50-46-42(29-28-39(47)45(46)49)48(40-22-12-17-33-15-6-8-18-36(33)40)35-26-23-32(24-27-35)31-13-4-3-5-14-31/h3-30H,1-2H3. The normalized spacial score (nSPS) is 13.7. The largest absolute Gasteiger partial charge is 0.451 e. The summed E-state index contributed by atoms with van der Waals surface area (Å²) in [6, 6.07) is 61.1. The van der Waals surface area contributed by atoms with Crippen LogP contribution in [-0.2, 0) is 5.41 Å². The van der Waals surface area contributed by atoms with Gasteiger partial charge in [-0.25, -0.2) is 0 Å². The molecule has 2 heterocycles. The average molecular weight is 643 g/mol. The summed E-state index contributed by atoms with van der Waals surface area (Å²) in [7, 11) is 0. The molecular formula is C47H34N2O. The van der Waals surface area contributed by atoms with Crippen LogP contribution in [0.25, 0.3) is 32.7 Å². The zero-order valence-corrected chi connectivity index (χ0v) is 28.0. The first-order chi connectivity index (χ1) is 24.6. The Hall–Kier alpha value is -6.32. The second-order valence-electron chi connectivity index (χ2n) is 13.8. The maximum atomic E-state index is 7.22. The lowest BCUT2D eigenvalue weighted by atomic mass is 9.73. The van der Waals surface area contributed by atoms with Crippen molar-refractivity contribution in [2.75, 3.05) is 9.80 Å². The first kappa shape index (κ1) is 28.7. The van der Waals surface area contributed by atoms with Crippen LogP contribution in [0.3, 0.4) is 0 Å². The SMILES string of the molecule is CC1(C)c2ccccc2N2c3c1ccc(N(c1ccc(-c4ccccc4)cc1)c1cccc4ccccc14)c3Oc1ccc3ccccc3c12. The minimum Gasteiger partial charge on any atom is -0.451 e. The monoisotopic (exact) mass is 642 g/mol. The molecule has 50 heavy (non-hydrogen) atoms. The maximum absolute atomic E-state index is 7.22. The molecule has 2 aliphatic rings. The fourth-order valence-electron chi connectivity index (χ4n) is 8.16. The predicted octanol–water partition coefficient (Wildman–Crippen LogP) is 13.3. The van der Waals surface area contributed by atoms with Crippen LogP contribution in [0.15, 0.2) is 170 Å². The van der Waals surface area contributed by atoms with Crippen LogP contribution < -0.4 is 14.5 Å². The zero-order valence-electron chi connectivity index (χ0n) is 28.0. The van der Waals surface area contributed by atoms with E-state index in [4.69, 9.17) is 4.74 Å². The molecule has 0 radical (unpaired) electrons. The average Bonchev–Trinajstić information content (AvgIpc) is 3.17. The molecule has 0 saturated carbocycles. The molecule has 2 aliphatic heterocycles. The second-order valence-corrected chi connectivity index (χ2v) is 13.8. The smallest absolute Gasteiger partial charge is 0.175 e. The van der Waals surface area contributed by atoms with Gasteiger partial charge in [0.15, 0.2) is 11.5 Å². The number of para-hydroxylation sites is 1. The number of benzene rings is 8. The van der Waals surface area contributed by atoms with Gasteiger partial charge in [0.2, 0.25) is 0 Å². The molecule has 0 saturated heterocycles. The molecule has 0 bridgehead atoms. The van der Waals surface area contributed by atoms with E-state index >= 15 is 0 Å². The van der Waals surface area contributed by atoms with Crippen LogP contribution >= 0.6 is 0 Å². The minimum atomic E-state index is -0.247. The Bertz CT molecular complexity index is 2600. The predicted molar refractivity (Wildman–Crippen MR) is 208 cm³/mol. The summed E-state index contributed by atoms with van der Waals surface area (Å²) in [5, 5.41) is 4.73. The van der Waals surface area contributed by atoms with E-state index in [1.165, 1.54) is 49.5 Å². The van der Waals surface area contributed by atoms with Crippen LogP contribution in [0.5, 0.6) is 11.5 Å². The van der Waals surface area contributed by atoms with Gasteiger partial charge in [-0.3, -0.25) is 0 Å². The van der Waals surface area contributed by atoms with Crippen LogP contribution in [0.1, 0.15) is 25.0 Å². The Balaban J connectivity index is 1.27. The molecular weight excluding hydrogens is 609 g/mol. The lowest BCUT2D eigenvalue weighted by Crippen LogP contribution is -2.33. The van der Waals surface area contributed by atoms with Gasteiger partial charge < -0.3 is 14.5 Å². The molecule has 3 heteroatoms. The van der Waals surface area contributed by atoms with E-state index in [1.54, 1.807) is 0 Å². The summed E-state index contributed by atoms with van der Waals surface area (Å²) in [6.45, 7) is 4.67. The van der Waals surface area contributed by atoms with Gasteiger partial charge in [-0.05, 0) is 69.4 Å². The Morgan fingerprint density at radius 3 is 1.96 bits per heavy atom. The summed E-state index contributed by atoms with van der Waals surface area (Å²) in [6.07, 6.45) is 0. The van der Waals surface area contributed by atoms with E-state index in [-0.39, 0.29) is 5.41 Å². The summed E-state index contributed by atoms with van der Waals surface area (Å²) in [4.78, 5) is 4.85. The molecule has 0 aromatic heterocycles. The van der Waals surface area contributed by atoms with Crippen LogP contribution in [-0.4, -0.2) is 0 Å². The molecule has 8 aromatic rings. The van der Waals surface area contributed by atoms with Crippen molar-refractivity contribution in [3.05, 3.63) is 181 Å². The number of ether oxygens (including phenoxy) is 1. The fourth-order valence-corrected chi connectivity index (χ4v) is 8.16. The first-order valence-electron chi connectivity index (χ1n) is 17.3. The van der Waals surface area contributed by atoms with E-state index in [0.717, 1.165) is 39.9 Å². The van der Waals surface area contributed by atoms with E-state index < -0.39 is 0 Å². The van der Waals surface area contributed by atoms with Gasteiger partial charge in [0.25, 0.3) is 0 Å². The maximum Gasteiger partial charge on any atom is 0.175 e. The third-order valence-corrected chi connectivity index (χ3v) is 10.6. The number of nitrogens with zero attached hydrogens (tertiary/aromatic N) is 2. The third-order valence-electron chi connectivity index (χ3n) is 10.6. The number of hydrogen-bond donors (Lipinski definition) is 0. The molecule has 3 nitrogen and oxygen atoms in total. The van der Waals surface area contributed by atoms with E-state index in [1.807, 2.05) is 0 Å². The van der Waals surface area contributed by atoms with Crippen molar-refractivity contribution in [2.45, 2.75) is 19.3 Å². The van der Waals surface area contributed by atoms with Crippen LogP contribution in [0.2, 0.25) is 0 Å². The molecule has 0 spiro atoms. The minimum absolute atomic E-state index is 0.247. The van der Waals surface area contributed by atoms with Crippen molar-refractivity contribution < 1.29 is 4.74 Å². The number of anilines is 6. The van der Waals surface area contributed by atoms with Gasteiger partial charge in [0, 0.05) is 21.9 Å². The van der Waals surface area contributed by atoms with Gasteiger partial charge in [0.1, 0.15) is 0 Å². The van der Waals surface area contributed by atoms with Crippen LogP contribution in [0.4, 0.5) is 34.1 Å². The molecule has 0 amide bonds. The number of hydrogen-bond acceptors (Lipinski definition) is 3. The Morgan fingerprint density at radius 1 is 0.480 bits per heavy atom. The van der Waals surface area contributed by atoms with Gasteiger partial charge in [0.05, 0.1) is 28.4 Å². The second kappa shape index (κ2) is 10.8. The lowest BCUT2D eigenvalue weighted by molar-refractivity contribution is 0.473. The topological polar surface area (TPSA) is 15.7 Å².